The fourth-order valence-electron chi connectivity index (χ4n) is 3.46. The van der Waals surface area contributed by atoms with E-state index in [2.05, 4.69) is 34.8 Å². The van der Waals surface area contributed by atoms with Gasteiger partial charge in [-0.15, -0.1) is 12.4 Å². The SMILES string of the molecule is CCCN(C)CCc1nc2c(c(=O)n(C)c(=O)n2C)n1Cc1cccc(Br)c1.Cl. The van der Waals surface area contributed by atoms with Crippen LogP contribution >= 0.6 is 28.3 Å². The van der Waals surface area contributed by atoms with E-state index in [4.69, 9.17) is 4.98 Å². The molecule has 3 rings (SSSR count). The number of aromatic nitrogens is 4. The van der Waals surface area contributed by atoms with Gasteiger partial charge in [0.2, 0.25) is 0 Å². The van der Waals surface area contributed by atoms with Crippen LogP contribution in [-0.4, -0.2) is 43.7 Å². The largest absolute Gasteiger partial charge is 0.332 e. The third-order valence-corrected chi connectivity index (χ3v) is 5.47. The van der Waals surface area contributed by atoms with Crippen molar-refractivity contribution >= 4 is 39.5 Å². The molecule has 0 spiro atoms. The summed E-state index contributed by atoms with van der Waals surface area (Å²) in [4.78, 5) is 32.2. The topological polar surface area (TPSA) is 65.1 Å². The molecule has 0 amide bonds. The molecule has 2 heterocycles. The first-order valence-corrected chi connectivity index (χ1v) is 10.2. The molecule has 0 unspecified atom stereocenters. The van der Waals surface area contributed by atoms with Crippen LogP contribution < -0.4 is 11.2 Å². The molecule has 0 N–H and O–H groups in total. The molecule has 0 bridgehead atoms. The molecule has 0 fully saturated rings. The fourth-order valence-corrected chi connectivity index (χ4v) is 3.90. The van der Waals surface area contributed by atoms with Crippen LogP contribution in [0.5, 0.6) is 0 Å². The Morgan fingerprint density at radius 3 is 2.52 bits per heavy atom. The van der Waals surface area contributed by atoms with Crippen molar-refractivity contribution in [3.05, 3.63) is 61.0 Å². The first kappa shape index (κ1) is 23.4. The van der Waals surface area contributed by atoms with Crippen molar-refractivity contribution in [3.63, 3.8) is 0 Å². The Bertz CT molecular complexity index is 1120. The van der Waals surface area contributed by atoms with Crippen molar-refractivity contribution < 1.29 is 0 Å². The Morgan fingerprint density at radius 1 is 1.14 bits per heavy atom. The second-order valence-corrected chi connectivity index (χ2v) is 8.09. The minimum Gasteiger partial charge on any atom is -0.318 e. The van der Waals surface area contributed by atoms with Crippen LogP contribution in [-0.2, 0) is 27.1 Å². The lowest BCUT2D eigenvalue weighted by atomic mass is 10.2. The number of hydrogen-bond acceptors (Lipinski definition) is 4. The van der Waals surface area contributed by atoms with Gasteiger partial charge in [-0.2, -0.15) is 0 Å². The maximum atomic E-state index is 12.9. The van der Waals surface area contributed by atoms with Gasteiger partial charge in [0.05, 0.1) is 0 Å². The van der Waals surface area contributed by atoms with Gasteiger partial charge in [0.25, 0.3) is 5.56 Å². The number of aryl methyl sites for hydroxylation is 1. The zero-order valence-corrected chi connectivity index (χ0v) is 19.6. The summed E-state index contributed by atoms with van der Waals surface area (Å²) >= 11 is 3.51. The van der Waals surface area contributed by atoms with Crippen LogP contribution in [0.25, 0.3) is 11.2 Å². The second-order valence-electron chi connectivity index (χ2n) is 7.18. The van der Waals surface area contributed by atoms with Gasteiger partial charge in [-0.05, 0) is 37.7 Å². The molecule has 0 saturated heterocycles. The van der Waals surface area contributed by atoms with E-state index in [1.54, 1.807) is 7.05 Å². The summed E-state index contributed by atoms with van der Waals surface area (Å²) < 4.78 is 5.54. The molecule has 0 radical (unpaired) electrons. The molecule has 0 aliphatic rings. The zero-order valence-electron chi connectivity index (χ0n) is 17.2. The van der Waals surface area contributed by atoms with E-state index in [9.17, 15) is 9.59 Å². The molecule has 0 aliphatic heterocycles. The van der Waals surface area contributed by atoms with Crippen LogP contribution in [0.3, 0.4) is 0 Å². The number of hydrogen-bond donors (Lipinski definition) is 0. The first-order valence-electron chi connectivity index (χ1n) is 9.41. The molecule has 0 aliphatic carbocycles. The third-order valence-electron chi connectivity index (χ3n) is 4.98. The van der Waals surface area contributed by atoms with Crippen LogP contribution in [0.4, 0.5) is 0 Å². The van der Waals surface area contributed by atoms with E-state index >= 15 is 0 Å². The van der Waals surface area contributed by atoms with Crippen molar-refractivity contribution in [2.24, 2.45) is 14.1 Å². The van der Waals surface area contributed by atoms with Crippen LogP contribution in [0, 0.1) is 0 Å². The Kier molecular flexibility index (Phi) is 7.85. The highest BCUT2D eigenvalue weighted by Gasteiger charge is 2.19. The van der Waals surface area contributed by atoms with Crippen molar-refractivity contribution in [1.29, 1.82) is 0 Å². The lowest BCUT2D eigenvalue weighted by Gasteiger charge is -2.16. The van der Waals surface area contributed by atoms with Crippen molar-refractivity contribution in [2.45, 2.75) is 26.3 Å². The highest BCUT2D eigenvalue weighted by atomic mass is 79.9. The van der Waals surface area contributed by atoms with Crippen LogP contribution in [0.15, 0.2) is 38.3 Å². The number of nitrogens with zero attached hydrogens (tertiary/aromatic N) is 5. The van der Waals surface area contributed by atoms with Gasteiger partial charge in [-0.3, -0.25) is 13.9 Å². The van der Waals surface area contributed by atoms with Gasteiger partial charge in [-0.1, -0.05) is 35.0 Å². The number of imidazole rings is 1. The van der Waals surface area contributed by atoms with Crippen molar-refractivity contribution in [3.8, 4) is 0 Å². The van der Waals surface area contributed by atoms with Crippen LogP contribution in [0.1, 0.15) is 24.7 Å². The van der Waals surface area contributed by atoms with Crippen LogP contribution in [0.2, 0.25) is 0 Å². The summed E-state index contributed by atoms with van der Waals surface area (Å²) in [5, 5.41) is 0. The monoisotopic (exact) mass is 483 g/mol. The summed E-state index contributed by atoms with van der Waals surface area (Å²) in [7, 11) is 5.25. The predicted molar refractivity (Wildman–Crippen MR) is 122 cm³/mol. The molecule has 0 saturated carbocycles. The Labute approximate surface area is 184 Å². The summed E-state index contributed by atoms with van der Waals surface area (Å²) in [6.45, 7) is 4.52. The van der Waals surface area contributed by atoms with E-state index in [0.29, 0.717) is 24.1 Å². The zero-order chi connectivity index (χ0) is 20.4. The van der Waals surface area contributed by atoms with Gasteiger partial charge in [0, 0.05) is 38.1 Å². The van der Waals surface area contributed by atoms with Gasteiger partial charge < -0.3 is 9.47 Å². The maximum absolute atomic E-state index is 12.9. The summed E-state index contributed by atoms with van der Waals surface area (Å²) in [6.07, 6.45) is 1.79. The highest BCUT2D eigenvalue weighted by Crippen LogP contribution is 2.17. The number of likely N-dealkylation sites (N-methyl/N-ethyl adjacent to an activating group) is 1. The smallest absolute Gasteiger partial charge is 0.318 e. The Morgan fingerprint density at radius 2 is 1.86 bits per heavy atom. The minimum absolute atomic E-state index is 0. The molecule has 3 aromatic rings. The molecule has 158 valence electrons. The normalized spacial score (nSPS) is 11.2. The standard InChI is InChI=1S/C20H26BrN5O2.ClH/c1-5-10-23(2)11-9-16-22-18-17(19(27)25(4)20(28)24(18)3)26(16)13-14-7-6-8-15(21)12-14;/h6-8,12H,5,9-11,13H2,1-4H3;1H. The van der Waals surface area contributed by atoms with E-state index in [1.807, 2.05) is 28.8 Å². The lowest BCUT2D eigenvalue weighted by molar-refractivity contribution is 0.335. The number of benzene rings is 1. The molecular formula is C20H27BrClN5O2. The van der Waals surface area contributed by atoms with Crippen molar-refractivity contribution in [1.82, 2.24) is 23.6 Å². The van der Waals surface area contributed by atoms with Gasteiger partial charge in [0.1, 0.15) is 5.82 Å². The van der Waals surface area contributed by atoms with Gasteiger partial charge >= 0.3 is 5.69 Å². The second kappa shape index (κ2) is 9.73. The first-order chi connectivity index (χ1) is 13.3. The Hall–Kier alpha value is -1.90. The van der Waals surface area contributed by atoms with Gasteiger partial charge in [0.15, 0.2) is 11.2 Å². The Balaban J connectivity index is 0.00000300. The van der Waals surface area contributed by atoms with E-state index in [0.717, 1.165) is 39.9 Å². The number of rotatable bonds is 7. The summed E-state index contributed by atoms with van der Waals surface area (Å²) in [5.74, 6) is 0.816. The molecule has 2 aromatic heterocycles. The molecule has 7 nitrogen and oxygen atoms in total. The maximum Gasteiger partial charge on any atom is 0.332 e. The number of halogens is 2. The summed E-state index contributed by atoms with van der Waals surface area (Å²) in [5.41, 5.74) is 1.30. The van der Waals surface area contributed by atoms with Crippen molar-refractivity contribution in [2.75, 3.05) is 20.1 Å². The average Bonchev–Trinajstić information content (AvgIpc) is 3.02. The molecule has 1 aromatic carbocycles. The molecule has 0 atom stereocenters. The molecule has 9 heteroatoms. The summed E-state index contributed by atoms with van der Waals surface area (Å²) in [6, 6.07) is 8.00. The molecular weight excluding hydrogens is 458 g/mol. The lowest BCUT2D eigenvalue weighted by Crippen LogP contribution is -2.37. The molecule has 29 heavy (non-hydrogen) atoms. The third kappa shape index (κ3) is 4.82. The predicted octanol–water partition coefficient (Wildman–Crippen LogP) is 2.55. The van der Waals surface area contributed by atoms with E-state index in [1.165, 1.54) is 11.6 Å². The minimum atomic E-state index is -0.362. The highest BCUT2D eigenvalue weighted by molar-refractivity contribution is 9.10. The fraction of sp³-hybridized carbons (Fsp3) is 0.450. The number of fused-ring (bicyclic) bond motifs is 1. The van der Waals surface area contributed by atoms with Gasteiger partial charge in [-0.25, -0.2) is 9.78 Å². The van der Waals surface area contributed by atoms with E-state index < -0.39 is 0 Å². The average molecular weight is 485 g/mol. The quantitative estimate of drug-likeness (QED) is 0.517. The van der Waals surface area contributed by atoms with E-state index in [-0.39, 0.29) is 23.7 Å².